The maximum absolute atomic E-state index is 11.6. The molecule has 1 aromatic rings. The third kappa shape index (κ3) is 2.64. The first kappa shape index (κ1) is 13.2. The van der Waals surface area contributed by atoms with Crippen LogP contribution in [-0.2, 0) is 22.6 Å². The van der Waals surface area contributed by atoms with Gasteiger partial charge in [-0.15, -0.1) is 0 Å². The first-order valence-electron chi connectivity index (χ1n) is 5.41. The summed E-state index contributed by atoms with van der Waals surface area (Å²) in [6, 6.07) is 0. The van der Waals surface area contributed by atoms with Crippen molar-refractivity contribution in [2.45, 2.75) is 26.8 Å². The Labute approximate surface area is 99.6 Å². The Hall–Kier alpha value is -1.85. The van der Waals surface area contributed by atoms with Crippen molar-refractivity contribution in [3.63, 3.8) is 0 Å². The van der Waals surface area contributed by atoms with Gasteiger partial charge in [0, 0.05) is 26.2 Å². The van der Waals surface area contributed by atoms with Crippen molar-refractivity contribution < 1.29 is 14.7 Å². The summed E-state index contributed by atoms with van der Waals surface area (Å²) >= 11 is 0. The topological polar surface area (TPSA) is 84.2 Å². The van der Waals surface area contributed by atoms with E-state index in [0.717, 1.165) is 5.56 Å². The molecule has 1 aromatic heterocycles. The molecule has 0 aromatic carbocycles. The third-order valence-corrected chi connectivity index (χ3v) is 2.77. The zero-order valence-corrected chi connectivity index (χ0v) is 10.2. The van der Waals surface area contributed by atoms with E-state index in [1.165, 1.54) is 14.0 Å². The van der Waals surface area contributed by atoms with Crippen LogP contribution in [0.4, 0.5) is 0 Å². The summed E-state index contributed by atoms with van der Waals surface area (Å²) in [6.45, 7) is 4.06. The van der Waals surface area contributed by atoms with Crippen LogP contribution in [0.1, 0.15) is 19.4 Å². The number of hydrogen-bond donors (Lipinski definition) is 2. The van der Waals surface area contributed by atoms with Crippen molar-refractivity contribution in [1.82, 2.24) is 15.1 Å². The fourth-order valence-corrected chi connectivity index (χ4v) is 1.61. The first-order chi connectivity index (χ1) is 7.93. The van der Waals surface area contributed by atoms with Gasteiger partial charge < -0.3 is 10.4 Å². The van der Waals surface area contributed by atoms with E-state index in [4.69, 9.17) is 0 Å². The molecule has 17 heavy (non-hydrogen) atoms. The van der Waals surface area contributed by atoms with Crippen molar-refractivity contribution in [3.05, 3.63) is 18.0 Å². The second kappa shape index (κ2) is 4.99. The lowest BCUT2D eigenvalue weighted by atomic mass is 9.83. The van der Waals surface area contributed by atoms with E-state index in [0.29, 0.717) is 6.54 Å². The maximum Gasteiger partial charge on any atom is 0.319 e. The summed E-state index contributed by atoms with van der Waals surface area (Å²) in [5.74, 6) is -1.64. The summed E-state index contributed by atoms with van der Waals surface area (Å²) in [6.07, 6.45) is 3.47. The molecule has 0 radical (unpaired) electrons. The number of carboxylic acid groups (broad SMARTS) is 1. The molecule has 0 spiro atoms. The summed E-state index contributed by atoms with van der Waals surface area (Å²) in [4.78, 5) is 22.9. The summed E-state index contributed by atoms with van der Waals surface area (Å²) in [5.41, 5.74) is -0.726. The standard InChI is InChI=1S/C11H17N3O3/c1-4-14-7-8(6-13-14)5-11(2,10(16)17)9(15)12-3/h6-7H,4-5H2,1-3H3,(H,12,15)(H,16,17). The minimum Gasteiger partial charge on any atom is -0.480 e. The van der Waals surface area contributed by atoms with Crippen LogP contribution in [0.5, 0.6) is 0 Å². The number of nitrogens with zero attached hydrogens (tertiary/aromatic N) is 2. The van der Waals surface area contributed by atoms with Gasteiger partial charge in [0.05, 0.1) is 6.20 Å². The van der Waals surface area contributed by atoms with Gasteiger partial charge in [-0.3, -0.25) is 14.3 Å². The Morgan fingerprint density at radius 1 is 1.59 bits per heavy atom. The van der Waals surface area contributed by atoms with E-state index in [-0.39, 0.29) is 6.42 Å². The number of hydrogen-bond acceptors (Lipinski definition) is 3. The second-order valence-electron chi connectivity index (χ2n) is 4.10. The highest BCUT2D eigenvalue weighted by molar-refractivity contribution is 6.01. The van der Waals surface area contributed by atoms with Gasteiger partial charge in [-0.2, -0.15) is 5.10 Å². The van der Waals surface area contributed by atoms with E-state index in [1.807, 2.05) is 6.92 Å². The molecule has 94 valence electrons. The molecule has 0 aliphatic rings. The fraction of sp³-hybridized carbons (Fsp3) is 0.545. The van der Waals surface area contributed by atoms with E-state index < -0.39 is 17.3 Å². The second-order valence-corrected chi connectivity index (χ2v) is 4.10. The SMILES string of the molecule is CCn1cc(CC(C)(C(=O)O)C(=O)NC)cn1. The lowest BCUT2D eigenvalue weighted by molar-refractivity contribution is -0.154. The van der Waals surface area contributed by atoms with E-state index in [1.54, 1.807) is 17.1 Å². The summed E-state index contributed by atoms with van der Waals surface area (Å²) < 4.78 is 1.70. The number of carbonyl (C=O) groups excluding carboxylic acids is 1. The lowest BCUT2D eigenvalue weighted by Gasteiger charge is -2.21. The van der Waals surface area contributed by atoms with Crippen molar-refractivity contribution in [2.75, 3.05) is 7.05 Å². The van der Waals surface area contributed by atoms with Crippen LogP contribution in [0.3, 0.4) is 0 Å². The Morgan fingerprint density at radius 3 is 2.65 bits per heavy atom. The van der Waals surface area contributed by atoms with Crippen LogP contribution in [0.25, 0.3) is 0 Å². The van der Waals surface area contributed by atoms with Gasteiger partial charge in [-0.25, -0.2) is 0 Å². The maximum atomic E-state index is 11.6. The molecule has 0 fully saturated rings. The minimum atomic E-state index is -1.46. The molecule has 6 nitrogen and oxygen atoms in total. The number of aromatic nitrogens is 2. The molecule has 1 unspecified atom stereocenters. The van der Waals surface area contributed by atoms with Gasteiger partial charge in [-0.05, 0) is 19.4 Å². The van der Waals surface area contributed by atoms with E-state index in [9.17, 15) is 14.7 Å². The molecule has 0 saturated heterocycles. The highest BCUT2D eigenvalue weighted by atomic mass is 16.4. The minimum absolute atomic E-state index is 0.127. The van der Waals surface area contributed by atoms with Crippen LogP contribution in [-0.4, -0.2) is 33.8 Å². The van der Waals surface area contributed by atoms with Gasteiger partial charge in [0.1, 0.15) is 5.41 Å². The smallest absolute Gasteiger partial charge is 0.319 e. The largest absolute Gasteiger partial charge is 0.480 e. The summed E-state index contributed by atoms with van der Waals surface area (Å²) in [7, 11) is 1.43. The zero-order valence-electron chi connectivity index (χ0n) is 10.2. The highest BCUT2D eigenvalue weighted by Crippen LogP contribution is 2.23. The average molecular weight is 239 g/mol. The van der Waals surface area contributed by atoms with Crippen LogP contribution in [0.2, 0.25) is 0 Å². The number of carbonyl (C=O) groups is 2. The monoisotopic (exact) mass is 239 g/mol. The molecular formula is C11H17N3O3. The number of amides is 1. The predicted octanol–water partition coefficient (Wildman–Crippen LogP) is 0.282. The normalized spacial score (nSPS) is 14.1. The van der Waals surface area contributed by atoms with Gasteiger partial charge in [-0.1, -0.05) is 0 Å². The number of aliphatic carboxylic acids is 1. The highest BCUT2D eigenvalue weighted by Gasteiger charge is 2.41. The zero-order chi connectivity index (χ0) is 13.1. The van der Waals surface area contributed by atoms with Gasteiger partial charge >= 0.3 is 5.97 Å². The Balaban J connectivity index is 2.94. The Morgan fingerprint density at radius 2 is 2.24 bits per heavy atom. The Kier molecular flexibility index (Phi) is 3.88. The number of rotatable bonds is 5. The number of carboxylic acids is 1. The summed E-state index contributed by atoms with van der Waals surface area (Å²) in [5, 5.41) is 15.6. The van der Waals surface area contributed by atoms with Crippen molar-refractivity contribution in [2.24, 2.45) is 5.41 Å². The molecule has 2 N–H and O–H groups in total. The van der Waals surface area contributed by atoms with Crippen LogP contribution < -0.4 is 5.32 Å². The van der Waals surface area contributed by atoms with E-state index in [2.05, 4.69) is 10.4 Å². The molecule has 0 bridgehead atoms. The molecule has 1 heterocycles. The Bertz CT molecular complexity index is 427. The number of aryl methyl sites for hydroxylation is 1. The fourth-order valence-electron chi connectivity index (χ4n) is 1.61. The van der Waals surface area contributed by atoms with Crippen LogP contribution in [0, 0.1) is 5.41 Å². The molecule has 0 aliphatic heterocycles. The molecule has 1 atom stereocenters. The van der Waals surface area contributed by atoms with Crippen LogP contribution >= 0.6 is 0 Å². The van der Waals surface area contributed by atoms with Crippen LogP contribution in [0.15, 0.2) is 12.4 Å². The molecule has 1 rings (SSSR count). The van der Waals surface area contributed by atoms with Crippen molar-refractivity contribution in [3.8, 4) is 0 Å². The van der Waals surface area contributed by atoms with Crippen molar-refractivity contribution >= 4 is 11.9 Å². The average Bonchev–Trinajstić information content (AvgIpc) is 2.75. The molecule has 0 aliphatic carbocycles. The van der Waals surface area contributed by atoms with Crippen molar-refractivity contribution in [1.29, 1.82) is 0 Å². The van der Waals surface area contributed by atoms with Gasteiger partial charge in [0.25, 0.3) is 0 Å². The van der Waals surface area contributed by atoms with Gasteiger partial charge in [0.2, 0.25) is 5.91 Å². The molecule has 6 heteroatoms. The van der Waals surface area contributed by atoms with Gasteiger partial charge in [0.15, 0.2) is 0 Å². The third-order valence-electron chi connectivity index (χ3n) is 2.77. The van der Waals surface area contributed by atoms with E-state index >= 15 is 0 Å². The lowest BCUT2D eigenvalue weighted by Crippen LogP contribution is -2.44. The molecular weight excluding hydrogens is 222 g/mol. The number of nitrogens with one attached hydrogen (secondary N) is 1. The quantitative estimate of drug-likeness (QED) is 0.723. The molecule has 1 amide bonds. The molecule has 0 saturated carbocycles. The first-order valence-corrected chi connectivity index (χ1v) is 5.41. The predicted molar refractivity (Wildman–Crippen MR) is 61.4 cm³/mol.